The van der Waals surface area contributed by atoms with Crippen LogP contribution in [0.15, 0.2) is 22.7 Å². The molecule has 0 unspecified atom stereocenters. The van der Waals surface area contributed by atoms with Gasteiger partial charge >= 0.3 is 5.97 Å². The number of nitrogens with one attached hydrogen (secondary N) is 1. The summed E-state index contributed by atoms with van der Waals surface area (Å²) in [5, 5.41) is 7.07. The van der Waals surface area contributed by atoms with Gasteiger partial charge in [-0.25, -0.2) is 4.79 Å². The summed E-state index contributed by atoms with van der Waals surface area (Å²) in [5.74, 6) is 0.382. The van der Waals surface area contributed by atoms with Gasteiger partial charge in [-0.1, -0.05) is 6.07 Å². The smallest absolute Gasteiger partial charge is 0.356 e. The molecule has 0 spiro atoms. The molecular formula is C14H13BrN2O3. The first-order chi connectivity index (χ1) is 9.72. The number of hydrogen-bond acceptors (Lipinski definition) is 4. The molecule has 1 N–H and O–H groups in total. The zero-order valence-corrected chi connectivity index (χ0v) is 12.5. The second kappa shape index (κ2) is 5.28. The molecule has 2 aromatic rings. The molecule has 104 valence electrons. The third kappa shape index (κ3) is 2.10. The summed E-state index contributed by atoms with van der Waals surface area (Å²) in [6, 6.07) is 5.77. The molecular weight excluding hydrogens is 324 g/mol. The fraction of sp³-hybridized carbons (Fsp3) is 0.286. The minimum absolute atomic E-state index is 0.339. The Bertz CT molecular complexity index is 666. The van der Waals surface area contributed by atoms with Crippen molar-refractivity contribution in [2.75, 3.05) is 13.2 Å². The van der Waals surface area contributed by atoms with Crippen LogP contribution in [0.4, 0.5) is 0 Å². The highest BCUT2D eigenvalue weighted by atomic mass is 79.9. The number of ether oxygens (including phenoxy) is 2. The van der Waals surface area contributed by atoms with Gasteiger partial charge in [-0.3, -0.25) is 5.10 Å². The zero-order valence-electron chi connectivity index (χ0n) is 10.9. The van der Waals surface area contributed by atoms with Crippen LogP contribution in [-0.2, 0) is 11.2 Å². The van der Waals surface area contributed by atoms with Crippen LogP contribution in [0.2, 0.25) is 0 Å². The lowest BCUT2D eigenvalue weighted by Crippen LogP contribution is -2.09. The third-order valence-corrected chi connectivity index (χ3v) is 3.79. The molecule has 6 heteroatoms. The van der Waals surface area contributed by atoms with Crippen molar-refractivity contribution in [1.29, 1.82) is 0 Å². The minimum Gasteiger partial charge on any atom is -0.491 e. The summed E-state index contributed by atoms with van der Waals surface area (Å²) in [4.78, 5) is 11.9. The first kappa shape index (κ1) is 13.2. The Morgan fingerprint density at radius 1 is 1.55 bits per heavy atom. The molecule has 0 radical (unpaired) electrons. The van der Waals surface area contributed by atoms with E-state index >= 15 is 0 Å². The molecule has 1 aromatic heterocycles. The number of halogens is 1. The van der Waals surface area contributed by atoms with E-state index in [0.717, 1.165) is 27.0 Å². The predicted molar refractivity (Wildman–Crippen MR) is 76.9 cm³/mol. The summed E-state index contributed by atoms with van der Waals surface area (Å²) in [6.45, 7) is 2.61. The normalized spacial score (nSPS) is 12.9. The number of hydrogen-bond donors (Lipinski definition) is 1. The summed E-state index contributed by atoms with van der Waals surface area (Å²) in [6.07, 6.45) is 0.612. The van der Waals surface area contributed by atoms with E-state index in [0.29, 0.717) is 25.3 Å². The van der Waals surface area contributed by atoms with Gasteiger partial charge in [0.05, 0.1) is 17.7 Å². The Balaban J connectivity index is 2.13. The number of nitrogens with zero attached hydrogens (tertiary/aromatic N) is 1. The van der Waals surface area contributed by atoms with E-state index in [1.54, 1.807) is 6.92 Å². The summed E-state index contributed by atoms with van der Waals surface area (Å²) >= 11 is 3.47. The lowest BCUT2D eigenvalue weighted by atomic mass is 10.0. The molecule has 0 amide bonds. The van der Waals surface area contributed by atoms with Gasteiger partial charge in [-0.15, -0.1) is 0 Å². The van der Waals surface area contributed by atoms with E-state index in [1.165, 1.54) is 0 Å². The molecule has 2 heterocycles. The topological polar surface area (TPSA) is 64.2 Å². The van der Waals surface area contributed by atoms with Gasteiger partial charge in [0, 0.05) is 17.5 Å². The predicted octanol–water partition coefficient (Wildman–Crippen LogP) is 2.95. The Hall–Kier alpha value is -1.82. The van der Waals surface area contributed by atoms with Crippen molar-refractivity contribution < 1.29 is 14.3 Å². The van der Waals surface area contributed by atoms with E-state index in [-0.39, 0.29) is 5.97 Å². The molecule has 1 aromatic carbocycles. The summed E-state index contributed by atoms with van der Waals surface area (Å²) in [5.41, 5.74) is 2.89. The van der Waals surface area contributed by atoms with Gasteiger partial charge in [-0.05, 0) is 35.0 Å². The van der Waals surface area contributed by atoms with Crippen molar-refractivity contribution in [1.82, 2.24) is 10.2 Å². The highest BCUT2D eigenvalue weighted by Crippen LogP contribution is 2.39. The van der Waals surface area contributed by atoms with Crippen LogP contribution in [0.5, 0.6) is 5.75 Å². The molecule has 0 atom stereocenters. The monoisotopic (exact) mass is 336 g/mol. The molecule has 20 heavy (non-hydrogen) atoms. The Morgan fingerprint density at radius 2 is 2.40 bits per heavy atom. The van der Waals surface area contributed by atoms with Crippen molar-refractivity contribution in [2.45, 2.75) is 13.3 Å². The third-order valence-electron chi connectivity index (χ3n) is 3.17. The fourth-order valence-corrected chi connectivity index (χ4v) is 2.78. The highest BCUT2D eigenvalue weighted by Gasteiger charge is 2.26. The number of carbonyl (C=O) groups is 1. The van der Waals surface area contributed by atoms with Gasteiger partial charge in [0.15, 0.2) is 0 Å². The average molecular weight is 337 g/mol. The molecule has 3 rings (SSSR count). The van der Waals surface area contributed by atoms with Crippen molar-refractivity contribution in [3.63, 3.8) is 0 Å². The van der Waals surface area contributed by atoms with Crippen molar-refractivity contribution in [2.24, 2.45) is 0 Å². The molecule has 1 aliphatic heterocycles. The van der Waals surface area contributed by atoms with E-state index in [4.69, 9.17) is 9.47 Å². The number of para-hydroxylation sites is 1. The number of esters is 1. The number of rotatable bonds is 2. The van der Waals surface area contributed by atoms with E-state index in [1.807, 2.05) is 18.2 Å². The SMILES string of the molecule is CCOC(=O)c1[nH]nc2c1CCOc1c(Br)cccc1-2. The van der Waals surface area contributed by atoms with Crippen LogP contribution in [0.25, 0.3) is 11.3 Å². The van der Waals surface area contributed by atoms with E-state index in [9.17, 15) is 4.79 Å². The lowest BCUT2D eigenvalue weighted by molar-refractivity contribution is 0.0518. The number of H-pyrrole nitrogens is 1. The van der Waals surface area contributed by atoms with Gasteiger partial charge in [0.25, 0.3) is 0 Å². The quantitative estimate of drug-likeness (QED) is 0.856. The largest absolute Gasteiger partial charge is 0.491 e. The summed E-state index contributed by atoms with van der Waals surface area (Å²) < 4.78 is 11.7. The molecule has 0 saturated carbocycles. The molecule has 0 bridgehead atoms. The van der Waals surface area contributed by atoms with Crippen LogP contribution in [-0.4, -0.2) is 29.4 Å². The van der Waals surface area contributed by atoms with Crippen LogP contribution in [0.1, 0.15) is 23.0 Å². The second-order valence-corrected chi connectivity index (χ2v) is 5.22. The standard InChI is InChI=1S/C14H13BrN2O3/c1-2-19-14(18)12-8-6-7-20-13-9(11(8)16-17-12)4-3-5-10(13)15/h3-5H,2,6-7H2,1H3,(H,16,17). The van der Waals surface area contributed by atoms with E-state index in [2.05, 4.69) is 26.1 Å². The van der Waals surface area contributed by atoms with Crippen molar-refractivity contribution in [3.8, 4) is 17.0 Å². The van der Waals surface area contributed by atoms with Gasteiger partial charge in [0.2, 0.25) is 0 Å². The lowest BCUT2D eigenvalue weighted by Gasteiger charge is -2.08. The molecule has 0 saturated heterocycles. The maximum atomic E-state index is 11.9. The Morgan fingerprint density at radius 3 is 3.20 bits per heavy atom. The maximum Gasteiger partial charge on any atom is 0.356 e. The first-order valence-electron chi connectivity index (χ1n) is 6.38. The Labute approximate surface area is 124 Å². The maximum absolute atomic E-state index is 11.9. The number of aromatic amines is 1. The summed E-state index contributed by atoms with van der Waals surface area (Å²) in [7, 11) is 0. The van der Waals surface area contributed by atoms with Crippen LogP contribution < -0.4 is 4.74 Å². The van der Waals surface area contributed by atoms with E-state index < -0.39 is 0 Å². The average Bonchev–Trinajstić information content (AvgIpc) is 2.76. The number of fused-ring (bicyclic) bond motifs is 3. The number of carbonyl (C=O) groups excluding carboxylic acids is 1. The molecule has 1 aliphatic rings. The first-order valence-corrected chi connectivity index (χ1v) is 7.17. The van der Waals surface area contributed by atoms with Crippen LogP contribution in [0.3, 0.4) is 0 Å². The second-order valence-electron chi connectivity index (χ2n) is 4.36. The van der Waals surface area contributed by atoms with Crippen molar-refractivity contribution in [3.05, 3.63) is 33.9 Å². The number of benzene rings is 1. The zero-order chi connectivity index (χ0) is 14.1. The molecule has 0 fully saturated rings. The Kier molecular flexibility index (Phi) is 3.48. The van der Waals surface area contributed by atoms with Crippen LogP contribution >= 0.6 is 15.9 Å². The minimum atomic E-state index is -0.375. The van der Waals surface area contributed by atoms with Gasteiger partial charge in [-0.2, -0.15) is 5.10 Å². The number of aromatic nitrogens is 2. The van der Waals surface area contributed by atoms with Gasteiger partial charge in [0.1, 0.15) is 17.1 Å². The highest BCUT2D eigenvalue weighted by molar-refractivity contribution is 9.10. The van der Waals surface area contributed by atoms with Crippen LogP contribution in [0, 0.1) is 0 Å². The fourth-order valence-electron chi connectivity index (χ4n) is 2.30. The van der Waals surface area contributed by atoms with Gasteiger partial charge < -0.3 is 9.47 Å². The van der Waals surface area contributed by atoms with Crippen molar-refractivity contribution >= 4 is 21.9 Å². The molecule has 5 nitrogen and oxygen atoms in total. The molecule has 0 aliphatic carbocycles.